The Morgan fingerprint density at radius 1 is 1.64 bits per heavy atom. The van der Waals surface area contributed by atoms with Gasteiger partial charge in [-0.1, -0.05) is 0 Å². The average Bonchev–Trinajstić information content (AvgIpc) is 2.27. The normalized spacial score (nSPS) is 11.3. The Morgan fingerprint density at radius 2 is 2.21 bits per heavy atom. The molecule has 1 rings (SSSR count). The van der Waals surface area contributed by atoms with Crippen molar-refractivity contribution in [3.05, 3.63) is 11.9 Å². The van der Waals surface area contributed by atoms with Gasteiger partial charge in [0.2, 0.25) is 10.0 Å². The molecule has 2 N–H and O–H groups in total. The van der Waals surface area contributed by atoms with Crippen LogP contribution in [-0.2, 0) is 17.1 Å². The molecule has 0 saturated heterocycles. The van der Waals surface area contributed by atoms with E-state index in [-0.39, 0.29) is 11.4 Å². The SMILES string of the molecule is Cn1ncc(NS(C)(=O)=O)c1C(=O)O. The van der Waals surface area contributed by atoms with Gasteiger partial charge in [0.1, 0.15) is 5.69 Å². The van der Waals surface area contributed by atoms with Crippen molar-refractivity contribution < 1.29 is 18.3 Å². The highest BCUT2D eigenvalue weighted by atomic mass is 32.2. The smallest absolute Gasteiger partial charge is 0.356 e. The van der Waals surface area contributed by atoms with E-state index in [4.69, 9.17) is 5.11 Å². The predicted octanol–water partition coefficient (Wildman–Crippen LogP) is -0.510. The molecule has 0 fully saturated rings. The van der Waals surface area contributed by atoms with Gasteiger partial charge in [0, 0.05) is 7.05 Å². The van der Waals surface area contributed by atoms with Crippen LogP contribution in [0.25, 0.3) is 0 Å². The molecule has 0 bridgehead atoms. The van der Waals surface area contributed by atoms with E-state index >= 15 is 0 Å². The molecule has 0 radical (unpaired) electrons. The van der Waals surface area contributed by atoms with Gasteiger partial charge in [-0.05, 0) is 0 Å². The number of aryl methyl sites for hydroxylation is 1. The number of hydrogen-bond donors (Lipinski definition) is 2. The monoisotopic (exact) mass is 219 g/mol. The highest BCUT2D eigenvalue weighted by Crippen LogP contribution is 2.14. The van der Waals surface area contributed by atoms with E-state index < -0.39 is 16.0 Å². The van der Waals surface area contributed by atoms with Gasteiger partial charge in [-0.15, -0.1) is 0 Å². The zero-order chi connectivity index (χ0) is 10.9. The molecule has 0 unspecified atom stereocenters. The Kier molecular flexibility index (Phi) is 2.47. The minimum atomic E-state index is -3.49. The van der Waals surface area contributed by atoms with Gasteiger partial charge in [0.15, 0.2) is 5.69 Å². The first-order valence-corrected chi connectivity index (χ1v) is 5.43. The number of anilines is 1. The van der Waals surface area contributed by atoms with Crippen LogP contribution >= 0.6 is 0 Å². The lowest BCUT2D eigenvalue weighted by Crippen LogP contribution is -2.14. The Bertz CT molecular complexity index is 461. The fraction of sp³-hybridized carbons (Fsp3) is 0.333. The van der Waals surface area contributed by atoms with Crippen LogP contribution < -0.4 is 4.72 Å². The van der Waals surface area contributed by atoms with Crippen molar-refractivity contribution in [3.8, 4) is 0 Å². The fourth-order valence-electron chi connectivity index (χ4n) is 0.966. The minimum absolute atomic E-state index is 0.0394. The van der Waals surface area contributed by atoms with Crippen LogP contribution in [-0.4, -0.2) is 35.5 Å². The number of sulfonamides is 1. The van der Waals surface area contributed by atoms with E-state index in [1.165, 1.54) is 7.05 Å². The molecule has 0 aliphatic carbocycles. The number of hydrogen-bond acceptors (Lipinski definition) is 4. The molecular weight excluding hydrogens is 210 g/mol. The molecule has 0 atom stereocenters. The maximum absolute atomic E-state index is 10.8. The number of carbonyl (C=O) groups is 1. The summed E-state index contributed by atoms with van der Waals surface area (Å²) in [4.78, 5) is 10.7. The molecular formula is C6H9N3O4S. The van der Waals surface area contributed by atoms with Gasteiger partial charge in [-0.3, -0.25) is 9.40 Å². The maximum atomic E-state index is 10.8. The lowest BCUT2D eigenvalue weighted by Gasteiger charge is -2.02. The predicted molar refractivity (Wildman–Crippen MR) is 48.6 cm³/mol. The molecule has 1 aromatic heterocycles. The number of nitrogens with zero attached hydrogens (tertiary/aromatic N) is 2. The molecule has 0 aromatic carbocycles. The van der Waals surface area contributed by atoms with E-state index in [9.17, 15) is 13.2 Å². The molecule has 1 heterocycles. The third kappa shape index (κ3) is 2.22. The first kappa shape index (κ1) is 10.5. The molecule has 8 heteroatoms. The van der Waals surface area contributed by atoms with Crippen molar-refractivity contribution >= 4 is 21.7 Å². The van der Waals surface area contributed by atoms with Crippen molar-refractivity contribution in [2.75, 3.05) is 11.0 Å². The number of carboxylic acids is 1. The Labute approximate surface area is 80.4 Å². The van der Waals surface area contributed by atoms with Gasteiger partial charge < -0.3 is 5.11 Å². The Hall–Kier alpha value is -1.57. The zero-order valence-electron chi connectivity index (χ0n) is 7.55. The molecule has 78 valence electrons. The molecule has 7 nitrogen and oxygen atoms in total. The second-order valence-corrected chi connectivity index (χ2v) is 4.46. The van der Waals surface area contributed by atoms with E-state index in [2.05, 4.69) is 9.82 Å². The Balaban J connectivity index is 3.17. The largest absolute Gasteiger partial charge is 0.476 e. The molecule has 0 aliphatic heterocycles. The first-order chi connectivity index (χ1) is 6.31. The van der Waals surface area contributed by atoms with Crippen molar-refractivity contribution in [1.82, 2.24) is 9.78 Å². The quantitative estimate of drug-likeness (QED) is 0.713. The van der Waals surface area contributed by atoms with Crippen LogP contribution in [0.3, 0.4) is 0 Å². The average molecular weight is 219 g/mol. The summed E-state index contributed by atoms with van der Waals surface area (Å²) in [5.41, 5.74) is -0.238. The topological polar surface area (TPSA) is 101 Å². The summed E-state index contributed by atoms with van der Waals surface area (Å²) >= 11 is 0. The number of aromatic nitrogens is 2. The molecule has 0 aliphatic rings. The van der Waals surface area contributed by atoms with Crippen LogP contribution in [0.1, 0.15) is 10.5 Å². The van der Waals surface area contributed by atoms with Gasteiger partial charge in [0.05, 0.1) is 12.5 Å². The maximum Gasteiger partial charge on any atom is 0.356 e. The fourth-order valence-corrected chi connectivity index (χ4v) is 1.51. The zero-order valence-corrected chi connectivity index (χ0v) is 8.37. The molecule has 1 aromatic rings. The molecule has 0 amide bonds. The summed E-state index contributed by atoms with van der Waals surface area (Å²) < 4.78 is 24.8. The van der Waals surface area contributed by atoms with Crippen LogP contribution in [0.5, 0.6) is 0 Å². The highest BCUT2D eigenvalue weighted by Gasteiger charge is 2.17. The summed E-state index contributed by atoms with van der Waals surface area (Å²) in [5.74, 6) is -1.24. The van der Waals surface area contributed by atoms with Gasteiger partial charge in [-0.2, -0.15) is 5.10 Å². The van der Waals surface area contributed by atoms with Crippen LogP contribution in [0, 0.1) is 0 Å². The van der Waals surface area contributed by atoms with Gasteiger partial charge in [-0.25, -0.2) is 13.2 Å². The number of rotatable bonds is 3. The number of carboxylic acid groups (broad SMARTS) is 1. The van der Waals surface area contributed by atoms with Crippen LogP contribution in [0.4, 0.5) is 5.69 Å². The van der Waals surface area contributed by atoms with E-state index in [0.717, 1.165) is 17.1 Å². The van der Waals surface area contributed by atoms with Crippen LogP contribution in [0.2, 0.25) is 0 Å². The second kappa shape index (κ2) is 3.29. The summed E-state index contributed by atoms with van der Waals surface area (Å²) in [6, 6.07) is 0. The molecule has 0 spiro atoms. The highest BCUT2D eigenvalue weighted by molar-refractivity contribution is 7.92. The van der Waals surface area contributed by atoms with Crippen molar-refractivity contribution in [2.24, 2.45) is 7.05 Å². The van der Waals surface area contributed by atoms with E-state index in [0.29, 0.717) is 0 Å². The standard InChI is InChI=1S/C6H9N3O4S/c1-9-5(6(10)11)4(3-7-9)8-14(2,12)13/h3,8H,1-2H3,(H,10,11). The summed E-state index contributed by atoms with van der Waals surface area (Å²) in [7, 11) is -2.07. The van der Waals surface area contributed by atoms with E-state index in [1.54, 1.807) is 0 Å². The van der Waals surface area contributed by atoms with Crippen molar-refractivity contribution in [3.63, 3.8) is 0 Å². The summed E-state index contributed by atoms with van der Waals surface area (Å²) in [6.45, 7) is 0. The van der Waals surface area contributed by atoms with Gasteiger partial charge in [0.25, 0.3) is 0 Å². The summed E-state index contributed by atoms with van der Waals surface area (Å²) in [6.07, 6.45) is 2.08. The summed E-state index contributed by atoms with van der Waals surface area (Å²) in [5, 5.41) is 12.4. The lowest BCUT2D eigenvalue weighted by atomic mass is 10.4. The second-order valence-electron chi connectivity index (χ2n) is 2.71. The first-order valence-electron chi connectivity index (χ1n) is 3.54. The molecule has 0 saturated carbocycles. The van der Waals surface area contributed by atoms with Gasteiger partial charge >= 0.3 is 5.97 Å². The lowest BCUT2D eigenvalue weighted by molar-refractivity contribution is 0.0686. The number of nitrogens with one attached hydrogen (secondary N) is 1. The van der Waals surface area contributed by atoms with Crippen molar-refractivity contribution in [2.45, 2.75) is 0 Å². The number of aromatic carboxylic acids is 1. The third-order valence-electron chi connectivity index (χ3n) is 1.44. The minimum Gasteiger partial charge on any atom is -0.476 e. The van der Waals surface area contributed by atoms with Crippen molar-refractivity contribution in [1.29, 1.82) is 0 Å². The van der Waals surface area contributed by atoms with Crippen LogP contribution in [0.15, 0.2) is 6.20 Å². The molecule has 14 heavy (non-hydrogen) atoms. The van der Waals surface area contributed by atoms with E-state index in [1.807, 2.05) is 0 Å². The Morgan fingerprint density at radius 3 is 2.64 bits per heavy atom. The third-order valence-corrected chi connectivity index (χ3v) is 2.03.